The average Bonchev–Trinajstić information content (AvgIpc) is 2.84. The molecule has 6 nitrogen and oxygen atoms in total. The van der Waals surface area contributed by atoms with Gasteiger partial charge in [0.25, 0.3) is 10.0 Å². The molecule has 0 aliphatic carbocycles. The van der Waals surface area contributed by atoms with Crippen LogP contribution < -0.4 is 9.46 Å². The molecule has 0 spiro atoms. The monoisotopic (exact) mass is 487 g/mol. The van der Waals surface area contributed by atoms with Crippen molar-refractivity contribution in [3.8, 4) is 22.9 Å². The van der Waals surface area contributed by atoms with Crippen LogP contribution in [0.3, 0.4) is 0 Å². The molecule has 1 heterocycles. The number of aromatic nitrogens is 2. The van der Waals surface area contributed by atoms with Gasteiger partial charge in [-0.3, -0.25) is 0 Å². The number of para-hydroxylation sites is 1. The highest BCUT2D eigenvalue weighted by Gasteiger charge is 2.21. The Morgan fingerprint density at radius 1 is 0.743 bits per heavy atom. The number of ether oxygens (including phenoxy) is 1. The van der Waals surface area contributed by atoms with E-state index in [4.69, 9.17) is 4.74 Å². The van der Waals surface area contributed by atoms with E-state index >= 15 is 0 Å². The zero-order chi connectivity index (χ0) is 25.0. The third-order valence-electron chi connectivity index (χ3n) is 5.58. The largest absolute Gasteiger partial charge is 0.439 e. The van der Waals surface area contributed by atoms with Gasteiger partial charge in [-0.1, -0.05) is 82.3 Å². The molecule has 0 aliphatic heterocycles. The Bertz CT molecular complexity index is 1380. The summed E-state index contributed by atoms with van der Waals surface area (Å²) in [6.45, 7) is 8.52. The van der Waals surface area contributed by atoms with E-state index in [0.29, 0.717) is 11.4 Å². The molecule has 0 saturated heterocycles. The Labute approximate surface area is 207 Å². The Balaban J connectivity index is 1.88. The molecule has 0 aliphatic rings. The number of nitrogens with zero attached hydrogens (tertiary/aromatic N) is 2. The Morgan fingerprint density at radius 2 is 1.31 bits per heavy atom. The van der Waals surface area contributed by atoms with Crippen LogP contribution in [0, 0.1) is 0 Å². The highest BCUT2D eigenvalue weighted by atomic mass is 32.2. The highest BCUT2D eigenvalue weighted by molar-refractivity contribution is 7.92. The first kappa shape index (κ1) is 24.4. The van der Waals surface area contributed by atoms with E-state index in [1.807, 2.05) is 30.3 Å². The maximum atomic E-state index is 13.0. The number of sulfonamides is 1. The molecule has 4 rings (SSSR count). The molecule has 1 aromatic heterocycles. The van der Waals surface area contributed by atoms with E-state index in [0.717, 1.165) is 16.7 Å². The number of nitrogens with one attached hydrogen (secondary N) is 1. The van der Waals surface area contributed by atoms with E-state index < -0.39 is 10.0 Å². The maximum absolute atomic E-state index is 13.0. The van der Waals surface area contributed by atoms with Crippen LogP contribution in [0.15, 0.2) is 89.8 Å². The minimum Gasteiger partial charge on any atom is -0.439 e. The van der Waals surface area contributed by atoms with E-state index in [1.165, 1.54) is 12.1 Å². The van der Waals surface area contributed by atoms with Crippen molar-refractivity contribution in [3.05, 3.63) is 96.1 Å². The fourth-order valence-corrected chi connectivity index (χ4v) is 4.85. The third-order valence-corrected chi connectivity index (χ3v) is 6.92. The molecule has 0 radical (unpaired) electrons. The highest BCUT2D eigenvalue weighted by Crippen LogP contribution is 2.37. The van der Waals surface area contributed by atoms with Crippen LogP contribution in [0.2, 0.25) is 0 Å². The summed E-state index contributed by atoms with van der Waals surface area (Å²) < 4.78 is 34.6. The standard InChI is InChI=1S/C28H29N3O3S/c1-19(2)23-16-11-17-24(20(3)4)27(23)25-18-26(34-21-12-7-5-8-13-21)30-28(29-25)31-35(32,33)22-14-9-6-10-15-22/h5-20H,1-4H3,(H,29,30,31). The van der Waals surface area contributed by atoms with Crippen molar-refractivity contribution in [2.24, 2.45) is 0 Å². The van der Waals surface area contributed by atoms with Gasteiger partial charge in [0, 0.05) is 11.6 Å². The molecule has 4 aromatic rings. The lowest BCUT2D eigenvalue weighted by atomic mass is 9.87. The van der Waals surface area contributed by atoms with Crippen molar-refractivity contribution in [2.45, 2.75) is 44.4 Å². The van der Waals surface area contributed by atoms with Gasteiger partial charge in [-0.25, -0.2) is 18.1 Å². The zero-order valence-corrected chi connectivity index (χ0v) is 21.1. The normalized spacial score (nSPS) is 11.6. The number of hydrogen-bond donors (Lipinski definition) is 1. The van der Waals surface area contributed by atoms with Crippen LogP contribution in [0.4, 0.5) is 5.95 Å². The third kappa shape index (κ3) is 5.69. The quantitative estimate of drug-likeness (QED) is 0.290. The maximum Gasteiger partial charge on any atom is 0.264 e. The van der Waals surface area contributed by atoms with Gasteiger partial charge in [0.1, 0.15) is 5.75 Å². The van der Waals surface area contributed by atoms with Gasteiger partial charge in [0.15, 0.2) is 0 Å². The average molecular weight is 488 g/mol. The van der Waals surface area contributed by atoms with Crippen molar-refractivity contribution in [1.29, 1.82) is 0 Å². The van der Waals surface area contributed by atoms with Crippen LogP contribution in [-0.2, 0) is 10.0 Å². The smallest absolute Gasteiger partial charge is 0.264 e. The molecule has 0 atom stereocenters. The number of hydrogen-bond acceptors (Lipinski definition) is 5. The van der Waals surface area contributed by atoms with Crippen LogP contribution in [0.25, 0.3) is 11.3 Å². The predicted molar refractivity (Wildman–Crippen MR) is 139 cm³/mol. The molecule has 0 fully saturated rings. The first-order chi connectivity index (χ1) is 16.7. The SMILES string of the molecule is CC(C)c1cccc(C(C)C)c1-c1cc(Oc2ccccc2)nc(NS(=O)(=O)c2ccccc2)n1. The minimum atomic E-state index is -3.89. The van der Waals surface area contributed by atoms with Gasteiger partial charge < -0.3 is 4.74 Å². The second-order valence-electron chi connectivity index (χ2n) is 8.87. The zero-order valence-electron chi connectivity index (χ0n) is 20.3. The first-order valence-corrected chi connectivity index (χ1v) is 13.1. The number of anilines is 1. The summed E-state index contributed by atoms with van der Waals surface area (Å²) in [7, 11) is -3.89. The second kappa shape index (κ2) is 10.3. The molecule has 0 amide bonds. The van der Waals surface area contributed by atoms with Gasteiger partial charge in [-0.2, -0.15) is 4.98 Å². The van der Waals surface area contributed by atoms with Crippen LogP contribution in [-0.4, -0.2) is 18.4 Å². The summed E-state index contributed by atoms with van der Waals surface area (Å²) in [5, 5.41) is 0. The van der Waals surface area contributed by atoms with Gasteiger partial charge in [-0.05, 0) is 47.2 Å². The van der Waals surface area contributed by atoms with Crippen molar-refractivity contribution >= 4 is 16.0 Å². The predicted octanol–water partition coefficient (Wildman–Crippen LogP) is 6.98. The number of rotatable bonds is 8. The van der Waals surface area contributed by atoms with Crippen molar-refractivity contribution in [1.82, 2.24) is 9.97 Å². The molecule has 0 bridgehead atoms. The van der Waals surface area contributed by atoms with Crippen molar-refractivity contribution in [3.63, 3.8) is 0 Å². The lowest BCUT2D eigenvalue weighted by molar-refractivity contribution is 0.463. The molecule has 180 valence electrons. The van der Waals surface area contributed by atoms with Crippen LogP contribution >= 0.6 is 0 Å². The van der Waals surface area contributed by atoms with Gasteiger partial charge in [-0.15, -0.1) is 0 Å². The first-order valence-electron chi connectivity index (χ1n) is 11.6. The summed E-state index contributed by atoms with van der Waals surface area (Å²) in [5.41, 5.74) is 3.82. The van der Waals surface area contributed by atoms with E-state index in [1.54, 1.807) is 24.3 Å². The molecule has 35 heavy (non-hydrogen) atoms. The lowest BCUT2D eigenvalue weighted by Crippen LogP contribution is -2.15. The molecule has 7 heteroatoms. The minimum absolute atomic E-state index is 0.0504. The summed E-state index contributed by atoms with van der Waals surface area (Å²) in [6.07, 6.45) is 0. The van der Waals surface area contributed by atoms with E-state index in [-0.39, 0.29) is 28.6 Å². The molecule has 0 saturated carbocycles. The fraction of sp³-hybridized carbons (Fsp3) is 0.214. The summed E-state index contributed by atoms with van der Waals surface area (Å²) >= 11 is 0. The van der Waals surface area contributed by atoms with Crippen molar-refractivity contribution in [2.75, 3.05) is 4.72 Å². The molecular weight excluding hydrogens is 458 g/mol. The van der Waals surface area contributed by atoms with E-state index in [2.05, 4.69) is 60.6 Å². The second-order valence-corrected chi connectivity index (χ2v) is 10.6. The van der Waals surface area contributed by atoms with E-state index in [9.17, 15) is 8.42 Å². The molecule has 3 aromatic carbocycles. The van der Waals surface area contributed by atoms with Gasteiger partial charge in [0.05, 0.1) is 10.6 Å². The fourth-order valence-electron chi connectivity index (χ4n) is 3.89. The Morgan fingerprint density at radius 3 is 1.89 bits per heavy atom. The molecule has 0 unspecified atom stereocenters. The summed E-state index contributed by atoms with van der Waals surface area (Å²) in [4.78, 5) is 9.18. The van der Waals surface area contributed by atoms with Crippen LogP contribution in [0.1, 0.15) is 50.7 Å². The summed E-state index contributed by atoms with van der Waals surface area (Å²) in [5.74, 6) is 1.27. The topological polar surface area (TPSA) is 81.2 Å². The summed E-state index contributed by atoms with van der Waals surface area (Å²) in [6, 6.07) is 25.4. The molecular formula is C28H29N3O3S. The van der Waals surface area contributed by atoms with Crippen molar-refractivity contribution < 1.29 is 13.2 Å². The van der Waals surface area contributed by atoms with Crippen LogP contribution in [0.5, 0.6) is 11.6 Å². The number of benzene rings is 3. The van der Waals surface area contributed by atoms with Gasteiger partial charge in [0.2, 0.25) is 11.8 Å². The lowest BCUT2D eigenvalue weighted by Gasteiger charge is -2.20. The molecule has 1 N–H and O–H groups in total. The van der Waals surface area contributed by atoms with Gasteiger partial charge >= 0.3 is 0 Å². The Kier molecular flexibility index (Phi) is 7.17. The Hall–Kier alpha value is -3.71.